The van der Waals surface area contributed by atoms with Gasteiger partial charge < -0.3 is 14.5 Å². The summed E-state index contributed by atoms with van der Waals surface area (Å²) in [4.78, 5) is 29.6. The van der Waals surface area contributed by atoms with Crippen molar-refractivity contribution in [2.75, 3.05) is 16.4 Å². The van der Waals surface area contributed by atoms with Gasteiger partial charge in [-0.15, -0.1) is 0 Å². The molecule has 2 atom stereocenters. The topological polar surface area (TPSA) is 49.9 Å². The van der Waals surface area contributed by atoms with Crippen LogP contribution in [0.25, 0.3) is 0 Å². The monoisotopic (exact) mass is 428 g/mol. The van der Waals surface area contributed by atoms with E-state index < -0.39 is 0 Å². The van der Waals surface area contributed by atoms with Crippen LogP contribution in [0.5, 0.6) is 5.75 Å². The Balaban J connectivity index is 1.63. The number of aryl methyl sites for hydroxylation is 1. The molecule has 1 heterocycles. The largest absolute Gasteiger partial charge is 0.484 e. The Hall–Kier alpha value is -3.60. The maximum absolute atomic E-state index is 13.2. The molecule has 4 rings (SSSR count). The number of amides is 2. The van der Waals surface area contributed by atoms with Crippen LogP contribution in [0.15, 0.2) is 78.9 Å². The van der Waals surface area contributed by atoms with Gasteiger partial charge in [0, 0.05) is 24.3 Å². The van der Waals surface area contributed by atoms with Gasteiger partial charge in [0.25, 0.3) is 5.91 Å². The van der Waals surface area contributed by atoms with E-state index in [-0.39, 0.29) is 30.5 Å². The number of carbonyl (C=O) groups excluding carboxylic acids is 2. The van der Waals surface area contributed by atoms with Crippen LogP contribution >= 0.6 is 0 Å². The Morgan fingerprint density at radius 2 is 1.72 bits per heavy atom. The van der Waals surface area contributed by atoms with Crippen molar-refractivity contribution < 1.29 is 14.3 Å². The highest BCUT2D eigenvalue weighted by Crippen LogP contribution is 2.42. The molecular weight excluding hydrogens is 400 g/mol. The van der Waals surface area contributed by atoms with Gasteiger partial charge in [-0.25, -0.2) is 0 Å². The summed E-state index contributed by atoms with van der Waals surface area (Å²) in [5, 5.41) is 0. The third kappa shape index (κ3) is 4.37. The molecule has 0 aromatic heterocycles. The quantitative estimate of drug-likeness (QED) is 0.555. The first kappa shape index (κ1) is 21.6. The van der Waals surface area contributed by atoms with Crippen LogP contribution in [0.4, 0.5) is 11.4 Å². The molecule has 1 aliphatic heterocycles. The second kappa shape index (κ2) is 9.27. The summed E-state index contributed by atoms with van der Waals surface area (Å²) in [6.07, 6.45) is 0.641. The lowest BCUT2D eigenvalue weighted by atomic mass is 9.90. The van der Waals surface area contributed by atoms with E-state index in [1.807, 2.05) is 103 Å². The van der Waals surface area contributed by atoms with Crippen molar-refractivity contribution >= 4 is 23.2 Å². The summed E-state index contributed by atoms with van der Waals surface area (Å²) >= 11 is 0. The van der Waals surface area contributed by atoms with Crippen molar-refractivity contribution in [2.24, 2.45) is 0 Å². The summed E-state index contributed by atoms with van der Waals surface area (Å²) in [6.45, 7) is 5.57. The number of para-hydroxylation sites is 2. The number of fused-ring (bicyclic) bond motifs is 1. The standard InChI is InChI=1S/C27H28N2O3/c1-19-10-9-13-23(16-19)32-18-27(31)28-20(2)17-26(24-14-7-8-15-25(24)28)29(21(3)30)22-11-5-4-6-12-22/h4-16,20,26H,17-18H2,1-3H3. The lowest BCUT2D eigenvalue weighted by Crippen LogP contribution is -2.48. The fourth-order valence-corrected chi connectivity index (χ4v) is 4.50. The molecule has 32 heavy (non-hydrogen) atoms. The Kier molecular flexibility index (Phi) is 6.26. The van der Waals surface area contributed by atoms with Gasteiger partial charge in [-0.1, -0.05) is 48.5 Å². The molecule has 1 aliphatic rings. The highest BCUT2D eigenvalue weighted by atomic mass is 16.5. The second-order valence-electron chi connectivity index (χ2n) is 8.25. The molecule has 2 unspecified atom stereocenters. The molecule has 0 aliphatic carbocycles. The number of carbonyl (C=O) groups is 2. The van der Waals surface area contributed by atoms with Crippen LogP contribution in [0, 0.1) is 6.92 Å². The molecule has 0 fully saturated rings. The van der Waals surface area contributed by atoms with Gasteiger partial charge >= 0.3 is 0 Å². The number of anilines is 2. The van der Waals surface area contributed by atoms with Gasteiger partial charge in [-0.05, 0) is 61.7 Å². The number of nitrogens with zero attached hydrogens (tertiary/aromatic N) is 2. The Morgan fingerprint density at radius 3 is 2.44 bits per heavy atom. The zero-order chi connectivity index (χ0) is 22.7. The van der Waals surface area contributed by atoms with Gasteiger partial charge in [0.15, 0.2) is 6.61 Å². The number of ether oxygens (including phenoxy) is 1. The van der Waals surface area contributed by atoms with Gasteiger partial charge in [0.05, 0.1) is 6.04 Å². The van der Waals surface area contributed by atoms with E-state index in [1.165, 1.54) is 0 Å². The van der Waals surface area contributed by atoms with E-state index >= 15 is 0 Å². The molecule has 2 amide bonds. The average molecular weight is 429 g/mol. The van der Waals surface area contributed by atoms with Gasteiger partial charge in [0.1, 0.15) is 5.75 Å². The molecule has 0 saturated heterocycles. The fourth-order valence-electron chi connectivity index (χ4n) is 4.50. The van der Waals surface area contributed by atoms with Crippen LogP contribution in [0.3, 0.4) is 0 Å². The van der Waals surface area contributed by atoms with E-state index in [9.17, 15) is 9.59 Å². The second-order valence-corrected chi connectivity index (χ2v) is 8.25. The Morgan fingerprint density at radius 1 is 1.00 bits per heavy atom. The maximum Gasteiger partial charge on any atom is 0.265 e. The normalized spacial score (nSPS) is 17.4. The van der Waals surface area contributed by atoms with E-state index in [1.54, 1.807) is 6.92 Å². The van der Waals surface area contributed by atoms with Crippen molar-refractivity contribution in [1.29, 1.82) is 0 Å². The lowest BCUT2D eigenvalue weighted by molar-refractivity contribution is -0.121. The van der Waals surface area contributed by atoms with E-state index in [0.717, 1.165) is 22.5 Å². The van der Waals surface area contributed by atoms with Crippen LogP contribution in [0.2, 0.25) is 0 Å². The molecule has 3 aromatic carbocycles. The van der Waals surface area contributed by atoms with Crippen LogP contribution in [-0.4, -0.2) is 24.5 Å². The van der Waals surface area contributed by atoms with Gasteiger partial charge in [0.2, 0.25) is 5.91 Å². The molecule has 0 N–H and O–H groups in total. The summed E-state index contributed by atoms with van der Waals surface area (Å²) in [5.41, 5.74) is 3.74. The van der Waals surface area contributed by atoms with E-state index in [2.05, 4.69) is 0 Å². The minimum Gasteiger partial charge on any atom is -0.484 e. The Bertz CT molecular complexity index is 1110. The summed E-state index contributed by atoms with van der Waals surface area (Å²) < 4.78 is 5.79. The van der Waals surface area contributed by atoms with Crippen molar-refractivity contribution in [1.82, 2.24) is 0 Å². The smallest absolute Gasteiger partial charge is 0.265 e. The third-order valence-corrected chi connectivity index (χ3v) is 5.87. The minimum absolute atomic E-state index is 0.0224. The predicted molar refractivity (Wildman–Crippen MR) is 127 cm³/mol. The van der Waals surface area contributed by atoms with Crippen molar-refractivity contribution in [2.45, 2.75) is 39.3 Å². The summed E-state index contributed by atoms with van der Waals surface area (Å²) in [7, 11) is 0. The fraction of sp³-hybridized carbons (Fsp3) is 0.259. The summed E-state index contributed by atoms with van der Waals surface area (Å²) in [6, 6.07) is 25.0. The van der Waals surface area contributed by atoms with Crippen LogP contribution in [-0.2, 0) is 9.59 Å². The van der Waals surface area contributed by atoms with Crippen molar-refractivity contribution in [3.8, 4) is 5.75 Å². The van der Waals surface area contributed by atoms with E-state index in [4.69, 9.17) is 4.74 Å². The van der Waals surface area contributed by atoms with Crippen LogP contribution in [0.1, 0.15) is 37.4 Å². The first-order chi connectivity index (χ1) is 15.5. The molecular formula is C27H28N2O3. The SMILES string of the molecule is CC(=O)N(c1ccccc1)C1CC(C)N(C(=O)COc2cccc(C)c2)c2ccccc21. The molecule has 0 saturated carbocycles. The zero-order valence-corrected chi connectivity index (χ0v) is 18.7. The number of hydrogen-bond donors (Lipinski definition) is 0. The minimum atomic E-state index is -0.150. The molecule has 3 aromatic rings. The number of rotatable bonds is 5. The molecule has 164 valence electrons. The molecule has 0 spiro atoms. The van der Waals surface area contributed by atoms with Crippen molar-refractivity contribution in [3.05, 3.63) is 90.0 Å². The number of hydrogen-bond acceptors (Lipinski definition) is 3. The molecule has 0 radical (unpaired) electrons. The van der Waals surface area contributed by atoms with Crippen LogP contribution < -0.4 is 14.5 Å². The molecule has 0 bridgehead atoms. The van der Waals surface area contributed by atoms with E-state index in [0.29, 0.717) is 12.2 Å². The molecule has 5 nitrogen and oxygen atoms in total. The maximum atomic E-state index is 13.2. The lowest BCUT2D eigenvalue weighted by Gasteiger charge is -2.43. The highest BCUT2D eigenvalue weighted by Gasteiger charge is 2.37. The first-order valence-corrected chi connectivity index (χ1v) is 10.9. The predicted octanol–water partition coefficient (Wildman–Crippen LogP) is 5.29. The zero-order valence-electron chi connectivity index (χ0n) is 18.7. The molecule has 5 heteroatoms. The van der Waals surface area contributed by atoms with Gasteiger partial charge in [-0.2, -0.15) is 0 Å². The van der Waals surface area contributed by atoms with Crippen molar-refractivity contribution in [3.63, 3.8) is 0 Å². The van der Waals surface area contributed by atoms with Gasteiger partial charge in [-0.3, -0.25) is 9.59 Å². The first-order valence-electron chi connectivity index (χ1n) is 10.9. The third-order valence-electron chi connectivity index (χ3n) is 5.87. The number of benzene rings is 3. The Labute approximate surface area is 189 Å². The summed E-state index contributed by atoms with van der Waals surface area (Å²) in [5.74, 6) is 0.561. The average Bonchev–Trinajstić information content (AvgIpc) is 2.78. The highest BCUT2D eigenvalue weighted by molar-refractivity contribution is 5.98.